The van der Waals surface area contributed by atoms with Crippen LogP contribution < -0.4 is 15.4 Å². The van der Waals surface area contributed by atoms with Gasteiger partial charge >= 0.3 is 6.03 Å². The van der Waals surface area contributed by atoms with Crippen molar-refractivity contribution in [3.63, 3.8) is 0 Å². The third kappa shape index (κ3) is 2.94. The average Bonchev–Trinajstić information content (AvgIpc) is 2.85. The molecular formula is C18H23N3O4. The molecule has 3 rings (SSSR count). The highest BCUT2D eigenvalue weighted by molar-refractivity contribution is 6.09. The van der Waals surface area contributed by atoms with E-state index in [0.717, 1.165) is 17.7 Å². The van der Waals surface area contributed by atoms with Gasteiger partial charge in [0.05, 0.1) is 6.61 Å². The number of fused-ring (bicyclic) bond motifs is 2. The first-order chi connectivity index (χ1) is 12.0. The van der Waals surface area contributed by atoms with Crippen LogP contribution in [0.5, 0.6) is 5.75 Å². The minimum absolute atomic E-state index is 0.0473. The van der Waals surface area contributed by atoms with Gasteiger partial charge in [0.25, 0.3) is 5.91 Å². The normalized spacial score (nSPS) is 22.0. The molecule has 2 aliphatic heterocycles. The zero-order valence-corrected chi connectivity index (χ0v) is 14.5. The molecule has 4 amide bonds. The van der Waals surface area contributed by atoms with Gasteiger partial charge in [-0.3, -0.25) is 14.5 Å². The summed E-state index contributed by atoms with van der Waals surface area (Å²) in [5.74, 6) is -0.131. The second kappa shape index (κ2) is 6.74. The molecule has 2 N–H and O–H groups in total. The third-order valence-electron chi connectivity index (χ3n) is 4.91. The molecule has 0 aromatic heterocycles. The molecule has 2 aliphatic rings. The summed E-state index contributed by atoms with van der Waals surface area (Å²) in [7, 11) is 0. The van der Waals surface area contributed by atoms with Gasteiger partial charge < -0.3 is 15.4 Å². The molecule has 134 valence electrons. The van der Waals surface area contributed by atoms with E-state index in [4.69, 9.17) is 4.74 Å². The standard InChI is InChI=1S/C18H23N3O4/c1-3-12(4-2)19-15(22)11-21-16(23)18(20-17(21)24)9-10-25-14-8-6-5-7-13(14)18/h5-8,12H,3-4,9-11H2,1-2H3,(H,19,22)(H,20,24)/t18-/m0/s1. The molecule has 1 saturated heterocycles. The van der Waals surface area contributed by atoms with E-state index in [0.29, 0.717) is 24.3 Å². The Morgan fingerprint density at radius 2 is 2.04 bits per heavy atom. The van der Waals surface area contributed by atoms with Crippen molar-refractivity contribution in [1.29, 1.82) is 0 Å². The maximum atomic E-state index is 13.0. The van der Waals surface area contributed by atoms with Crippen LogP contribution in [0.15, 0.2) is 24.3 Å². The van der Waals surface area contributed by atoms with E-state index in [1.807, 2.05) is 19.9 Å². The van der Waals surface area contributed by atoms with Crippen molar-refractivity contribution in [1.82, 2.24) is 15.5 Å². The first-order valence-corrected chi connectivity index (χ1v) is 8.67. The lowest BCUT2D eigenvalue weighted by Crippen LogP contribution is -2.48. The largest absolute Gasteiger partial charge is 0.493 e. The molecule has 0 unspecified atom stereocenters. The summed E-state index contributed by atoms with van der Waals surface area (Å²) < 4.78 is 5.59. The van der Waals surface area contributed by atoms with Crippen LogP contribution in [0.25, 0.3) is 0 Å². The fraction of sp³-hybridized carbons (Fsp3) is 0.500. The zero-order valence-electron chi connectivity index (χ0n) is 14.5. The quantitative estimate of drug-likeness (QED) is 0.792. The number of carbonyl (C=O) groups is 3. The van der Waals surface area contributed by atoms with Crippen LogP contribution in [0.2, 0.25) is 0 Å². The van der Waals surface area contributed by atoms with Crippen LogP contribution in [0.1, 0.15) is 38.7 Å². The predicted octanol–water partition coefficient (Wildman–Crippen LogP) is 1.52. The van der Waals surface area contributed by atoms with E-state index in [-0.39, 0.29) is 18.5 Å². The molecule has 0 bridgehead atoms. The molecule has 7 nitrogen and oxygen atoms in total. The number of hydrogen-bond donors (Lipinski definition) is 2. The maximum Gasteiger partial charge on any atom is 0.325 e. The van der Waals surface area contributed by atoms with Gasteiger partial charge in [0.2, 0.25) is 5.91 Å². The molecule has 1 fully saturated rings. The Hall–Kier alpha value is -2.57. The summed E-state index contributed by atoms with van der Waals surface area (Å²) in [5.41, 5.74) is -0.497. The number of hydrogen-bond acceptors (Lipinski definition) is 4. The topological polar surface area (TPSA) is 87.7 Å². The number of rotatable bonds is 5. The van der Waals surface area contributed by atoms with Crippen LogP contribution in [0.3, 0.4) is 0 Å². The SMILES string of the molecule is CCC(CC)NC(=O)CN1C(=O)N[C@]2(CCOc3ccccc32)C1=O. The highest BCUT2D eigenvalue weighted by atomic mass is 16.5. The van der Waals surface area contributed by atoms with E-state index in [9.17, 15) is 14.4 Å². The Kier molecular flexibility index (Phi) is 4.65. The van der Waals surface area contributed by atoms with Gasteiger partial charge in [0, 0.05) is 18.0 Å². The van der Waals surface area contributed by atoms with Crippen molar-refractivity contribution >= 4 is 17.8 Å². The Labute approximate surface area is 146 Å². The Bertz CT molecular complexity index is 701. The molecule has 1 atom stereocenters. The summed E-state index contributed by atoms with van der Waals surface area (Å²) in [6, 6.07) is 6.68. The summed E-state index contributed by atoms with van der Waals surface area (Å²) in [4.78, 5) is 38.6. The van der Waals surface area contributed by atoms with Gasteiger partial charge in [0.1, 0.15) is 12.3 Å². The van der Waals surface area contributed by atoms with Gasteiger partial charge in [-0.25, -0.2) is 4.79 Å². The molecular weight excluding hydrogens is 322 g/mol. The van der Waals surface area contributed by atoms with Crippen LogP contribution in [-0.4, -0.2) is 41.9 Å². The van der Waals surface area contributed by atoms with Crippen molar-refractivity contribution < 1.29 is 19.1 Å². The molecule has 0 saturated carbocycles. The van der Waals surface area contributed by atoms with Crippen molar-refractivity contribution in [3.8, 4) is 5.75 Å². The Balaban J connectivity index is 1.81. The van der Waals surface area contributed by atoms with Crippen molar-refractivity contribution in [3.05, 3.63) is 29.8 Å². The molecule has 0 aliphatic carbocycles. The number of nitrogens with one attached hydrogen (secondary N) is 2. The zero-order chi connectivity index (χ0) is 18.0. The van der Waals surface area contributed by atoms with Gasteiger partial charge in [-0.15, -0.1) is 0 Å². The van der Waals surface area contributed by atoms with E-state index >= 15 is 0 Å². The monoisotopic (exact) mass is 345 g/mol. The molecule has 7 heteroatoms. The van der Waals surface area contributed by atoms with Gasteiger partial charge in [-0.1, -0.05) is 32.0 Å². The number of carbonyl (C=O) groups excluding carboxylic acids is 3. The lowest BCUT2D eigenvalue weighted by Gasteiger charge is -2.33. The molecule has 1 aromatic carbocycles. The number of nitrogens with zero attached hydrogens (tertiary/aromatic N) is 1. The van der Waals surface area contributed by atoms with Gasteiger partial charge in [-0.2, -0.15) is 0 Å². The summed E-state index contributed by atoms with van der Waals surface area (Å²) in [5, 5.41) is 5.65. The molecule has 2 heterocycles. The Morgan fingerprint density at radius 1 is 1.32 bits per heavy atom. The second-order valence-corrected chi connectivity index (χ2v) is 6.40. The van der Waals surface area contributed by atoms with E-state index < -0.39 is 17.5 Å². The first-order valence-electron chi connectivity index (χ1n) is 8.67. The number of para-hydroxylation sites is 1. The number of amides is 4. The minimum Gasteiger partial charge on any atom is -0.493 e. The van der Waals surface area contributed by atoms with Crippen LogP contribution in [0.4, 0.5) is 4.79 Å². The summed E-state index contributed by atoms with van der Waals surface area (Å²) in [6.45, 7) is 4.02. The van der Waals surface area contributed by atoms with E-state index in [1.165, 1.54) is 0 Å². The van der Waals surface area contributed by atoms with Crippen LogP contribution in [-0.2, 0) is 15.1 Å². The lowest BCUT2D eigenvalue weighted by molar-refractivity contribution is -0.136. The van der Waals surface area contributed by atoms with Crippen LogP contribution >= 0.6 is 0 Å². The van der Waals surface area contributed by atoms with Crippen molar-refractivity contribution in [2.45, 2.75) is 44.7 Å². The molecule has 1 aromatic rings. The molecule has 25 heavy (non-hydrogen) atoms. The number of urea groups is 1. The van der Waals surface area contributed by atoms with Crippen LogP contribution in [0, 0.1) is 0 Å². The summed E-state index contributed by atoms with van der Waals surface area (Å²) >= 11 is 0. The number of imide groups is 1. The van der Waals surface area contributed by atoms with Gasteiger partial charge in [0.15, 0.2) is 5.54 Å². The highest BCUT2D eigenvalue weighted by Gasteiger charge is 2.55. The molecule has 0 radical (unpaired) electrons. The predicted molar refractivity (Wildman–Crippen MR) is 91.0 cm³/mol. The lowest BCUT2D eigenvalue weighted by atomic mass is 9.84. The first kappa shape index (κ1) is 17.3. The Morgan fingerprint density at radius 3 is 2.76 bits per heavy atom. The number of ether oxygens (including phenoxy) is 1. The second-order valence-electron chi connectivity index (χ2n) is 6.40. The fourth-order valence-corrected chi connectivity index (χ4v) is 3.43. The molecule has 1 spiro atoms. The average molecular weight is 345 g/mol. The third-order valence-corrected chi connectivity index (χ3v) is 4.91. The summed E-state index contributed by atoms with van der Waals surface area (Å²) in [6.07, 6.45) is 1.95. The van der Waals surface area contributed by atoms with Gasteiger partial charge in [-0.05, 0) is 18.9 Å². The maximum absolute atomic E-state index is 13.0. The smallest absolute Gasteiger partial charge is 0.325 e. The van der Waals surface area contributed by atoms with Crippen molar-refractivity contribution in [2.75, 3.05) is 13.2 Å². The number of benzene rings is 1. The van der Waals surface area contributed by atoms with E-state index in [2.05, 4.69) is 10.6 Å². The highest BCUT2D eigenvalue weighted by Crippen LogP contribution is 2.40. The minimum atomic E-state index is -1.14. The van der Waals surface area contributed by atoms with Crippen molar-refractivity contribution in [2.24, 2.45) is 0 Å². The van der Waals surface area contributed by atoms with E-state index in [1.54, 1.807) is 18.2 Å². The fourth-order valence-electron chi connectivity index (χ4n) is 3.43.